The van der Waals surface area contributed by atoms with Crippen LogP contribution >= 0.6 is 0 Å². The Labute approximate surface area is 63.5 Å². The van der Waals surface area contributed by atoms with Crippen LogP contribution in [0.5, 0.6) is 0 Å². The summed E-state index contributed by atoms with van der Waals surface area (Å²) in [5.74, 6) is 0. The Morgan fingerprint density at radius 1 is 1.30 bits per heavy atom. The second kappa shape index (κ2) is 3.05. The third-order valence-corrected chi connectivity index (χ3v) is 1.85. The smallest absolute Gasteiger partial charge is 0.308 e. The van der Waals surface area contributed by atoms with E-state index >= 15 is 0 Å². The van der Waals surface area contributed by atoms with Gasteiger partial charge in [0, 0.05) is 14.1 Å². The fourth-order valence-electron chi connectivity index (χ4n) is 0.433. The molecule has 0 spiro atoms. The second-order valence-corrected chi connectivity index (χ2v) is 8.32. The van der Waals surface area contributed by atoms with Gasteiger partial charge in [0.2, 0.25) is 0 Å². The van der Waals surface area contributed by atoms with Crippen LogP contribution in [0, 0.1) is 0 Å². The monoisotopic (exact) mass is 160 g/mol. The summed E-state index contributed by atoms with van der Waals surface area (Å²) >= 11 is 0. The largest absolute Gasteiger partial charge is 0.365 e. The van der Waals surface area contributed by atoms with E-state index in [-0.39, 0.29) is 6.03 Å². The molecule has 4 heteroatoms. The zero-order valence-corrected chi connectivity index (χ0v) is 8.36. The molecule has 1 N–H and O–H groups in total. The molecule has 3 nitrogen and oxygen atoms in total. The molecular formula is C6H16N2OSi. The van der Waals surface area contributed by atoms with Crippen molar-refractivity contribution in [1.82, 2.24) is 9.88 Å². The molecule has 0 radical (unpaired) electrons. The molecule has 0 aliphatic rings. The molecule has 0 saturated carbocycles. The molecule has 0 rings (SSSR count). The van der Waals surface area contributed by atoms with Gasteiger partial charge in [0.15, 0.2) is 0 Å². The standard InChI is InChI=1S/C6H16N2OSi/c1-8(2)6(9)7-10(3,4)5/h1-5H3,(H,7,9). The topological polar surface area (TPSA) is 32.3 Å². The first-order chi connectivity index (χ1) is 4.33. The van der Waals surface area contributed by atoms with Crippen molar-refractivity contribution in [3.05, 3.63) is 0 Å². The number of carbonyl (C=O) groups excluding carboxylic acids is 1. The van der Waals surface area contributed by atoms with Gasteiger partial charge in [-0.25, -0.2) is 4.79 Å². The number of urea groups is 1. The summed E-state index contributed by atoms with van der Waals surface area (Å²) in [6, 6.07) is 0.0131. The van der Waals surface area contributed by atoms with Gasteiger partial charge in [-0.2, -0.15) is 0 Å². The van der Waals surface area contributed by atoms with E-state index in [1.54, 1.807) is 19.0 Å². The Bertz CT molecular complexity index is 128. The highest BCUT2D eigenvalue weighted by Gasteiger charge is 2.16. The summed E-state index contributed by atoms with van der Waals surface area (Å²) in [5.41, 5.74) is 0. The van der Waals surface area contributed by atoms with E-state index in [2.05, 4.69) is 24.6 Å². The lowest BCUT2D eigenvalue weighted by Crippen LogP contribution is -2.49. The minimum Gasteiger partial charge on any atom is -0.365 e. The molecule has 0 aromatic carbocycles. The van der Waals surface area contributed by atoms with E-state index < -0.39 is 8.24 Å². The van der Waals surface area contributed by atoms with Crippen LogP contribution < -0.4 is 4.98 Å². The third-order valence-electron chi connectivity index (χ3n) is 0.888. The lowest BCUT2D eigenvalue weighted by atomic mass is 10.9. The zero-order valence-electron chi connectivity index (χ0n) is 7.36. The number of carbonyl (C=O) groups is 1. The van der Waals surface area contributed by atoms with E-state index in [1.807, 2.05) is 0 Å². The Morgan fingerprint density at radius 3 is 1.80 bits per heavy atom. The van der Waals surface area contributed by atoms with Gasteiger partial charge < -0.3 is 9.88 Å². The molecule has 0 aromatic heterocycles. The van der Waals surface area contributed by atoms with Crippen molar-refractivity contribution in [1.29, 1.82) is 0 Å². The zero-order chi connectivity index (χ0) is 8.36. The highest BCUT2D eigenvalue weighted by molar-refractivity contribution is 6.75. The van der Waals surface area contributed by atoms with Crippen LogP contribution in [-0.2, 0) is 0 Å². The number of nitrogens with zero attached hydrogens (tertiary/aromatic N) is 1. The normalized spacial score (nSPS) is 10.9. The first-order valence-corrected chi connectivity index (χ1v) is 6.82. The quantitative estimate of drug-likeness (QED) is 0.572. The summed E-state index contributed by atoms with van der Waals surface area (Å²) in [7, 11) is 2.07. The summed E-state index contributed by atoms with van der Waals surface area (Å²) in [5, 5.41) is 0. The summed E-state index contributed by atoms with van der Waals surface area (Å²) in [4.78, 5) is 15.5. The van der Waals surface area contributed by atoms with Crippen molar-refractivity contribution in [2.45, 2.75) is 19.6 Å². The van der Waals surface area contributed by atoms with Crippen LogP contribution in [-0.4, -0.2) is 33.3 Å². The van der Waals surface area contributed by atoms with E-state index in [0.717, 1.165) is 0 Å². The average Bonchev–Trinajstić information content (AvgIpc) is 1.60. The maximum absolute atomic E-state index is 11.0. The molecule has 0 atom stereocenters. The van der Waals surface area contributed by atoms with Crippen molar-refractivity contribution >= 4 is 14.3 Å². The molecule has 0 heterocycles. The minimum absolute atomic E-state index is 0.0131. The van der Waals surface area contributed by atoms with Crippen molar-refractivity contribution < 1.29 is 4.79 Å². The van der Waals surface area contributed by atoms with Crippen LogP contribution in [0.2, 0.25) is 19.6 Å². The van der Waals surface area contributed by atoms with Gasteiger partial charge in [-0.15, -0.1) is 0 Å². The Kier molecular flexibility index (Phi) is 2.89. The number of hydrogen-bond donors (Lipinski definition) is 1. The predicted molar refractivity (Wildman–Crippen MR) is 45.6 cm³/mol. The second-order valence-electron chi connectivity index (χ2n) is 3.57. The van der Waals surface area contributed by atoms with Crippen LogP contribution in [0.25, 0.3) is 0 Å². The summed E-state index contributed by atoms with van der Waals surface area (Å²) in [6.07, 6.45) is 0. The molecule has 0 aromatic rings. The van der Waals surface area contributed by atoms with Crippen LogP contribution in [0.1, 0.15) is 0 Å². The minimum atomic E-state index is -1.42. The molecule has 0 aliphatic heterocycles. The third kappa shape index (κ3) is 4.37. The SMILES string of the molecule is CN(C)C(=O)N[Si](C)(C)C. The van der Waals surface area contributed by atoms with Gasteiger partial charge in [0.05, 0.1) is 0 Å². The maximum atomic E-state index is 11.0. The molecule has 10 heavy (non-hydrogen) atoms. The van der Waals surface area contributed by atoms with Gasteiger partial charge in [-0.05, 0) is 0 Å². The number of rotatable bonds is 1. The lowest BCUT2D eigenvalue weighted by Gasteiger charge is -2.21. The van der Waals surface area contributed by atoms with Gasteiger partial charge in [0.1, 0.15) is 8.24 Å². The van der Waals surface area contributed by atoms with Crippen LogP contribution in [0.15, 0.2) is 0 Å². The maximum Gasteiger partial charge on any atom is 0.308 e. The fraction of sp³-hybridized carbons (Fsp3) is 0.833. The molecule has 0 unspecified atom stereocenters. The number of nitrogens with one attached hydrogen (secondary N) is 1. The van der Waals surface area contributed by atoms with Crippen molar-refractivity contribution in [3.63, 3.8) is 0 Å². The van der Waals surface area contributed by atoms with Crippen molar-refractivity contribution in [3.8, 4) is 0 Å². The predicted octanol–water partition coefficient (Wildman–Crippen LogP) is 1.09. The summed E-state index contributed by atoms with van der Waals surface area (Å²) in [6.45, 7) is 6.28. The van der Waals surface area contributed by atoms with E-state index in [9.17, 15) is 4.79 Å². The van der Waals surface area contributed by atoms with Crippen molar-refractivity contribution in [2.24, 2.45) is 0 Å². The van der Waals surface area contributed by atoms with E-state index in [0.29, 0.717) is 0 Å². The summed E-state index contributed by atoms with van der Waals surface area (Å²) < 4.78 is 0. The van der Waals surface area contributed by atoms with E-state index in [4.69, 9.17) is 0 Å². The molecule has 2 amide bonds. The molecule has 0 bridgehead atoms. The van der Waals surface area contributed by atoms with Crippen LogP contribution in [0.3, 0.4) is 0 Å². The van der Waals surface area contributed by atoms with Crippen molar-refractivity contribution in [2.75, 3.05) is 14.1 Å². The van der Waals surface area contributed by atoms with Gasteiger partial charge in [-0.3, -0.25) is 0 Å². The molecule has 0 aliphatic carbocycles. The van der Waals surface area contributed by atoms with E-state index in [1.165, 1.54) is 0 Å². The van der Waals surface area contributed by atoms with Gasteiger partial charge >= 0.3 is 6.03 Å². The van der Waals surface area contributed by atoms with Crippen LogP contribution in [0.4, 0.5) is 4.79 Å². The van der Waals surface area contributed by atoms with Gasteiger partial charge in [-0.1, -0.05) is 19.6 Å². The average molecular weight is 160 g/mol. The number of hydrogen-bond acceptors (Lipinski definition) is 1. The Morgan fingerprint density at radius 2 is 1.70 bits per heavy atom. The highest BCUT2D eigenvalue weighted by Crippen LogP contribution is 1.94. The van der Waals surface area contributed by atoms with Gasteiger partial charge in [0.25, 0.3) is 0 Å². The fourth-order valence-corrected chi connectivity index (χ4v) is 1.30. The first kappa shape index (κ1) is 9.49. The lowest BCUT2D eigenvalue weighted by molar-refractivity contribution is 0.222. The Balaban J connectivity index is 3.81. The number of amides is 2. The molecule has 60 valence electrons. The molecular weight excluding hydrogens is 144 g/mol. The molecule has 0 saturated heterocycles. The first-order valence-electron chi connectivity index (χ1n) is 3.32. The highest BCUT2D eigenvalue weighted by atomic mass is 28.3. The Hall–Kier alpha value is -0.513. The molecule has 0 fully saturated rings.